The van der Waals surface area contributed by atoms with E-state index >= 15 is 0 Å². The van der Waals surface area contributed by atoms with Crippen molar-refractivity contribution in [1.29, 1.82) is 0 Å². The van der Waals surface area contributed by atoms with E-state index in [1.807, 2.05) is 0 Å². The highest BCUT2D eigenvalue weighted by Gasteiger charge is 2.18. The van der Waals surface area contributed by atoms with E-state index in [4.69, 9.17) is 4.98 Å². The van der Waals surface area contributed by atoms with Gasteiger partial charge in [-0.15, -0.1) is 0 Å². The van der Waals surface area contributed by atoms with Crippen LogP contribution in [0.25, 0.3) is 99.0 Å². The average Bonchev–Trinajstić information content (AvgIpc) is 3.73. The zero-order valence-electron chi connectivity index (χ0n) is 28.2. The highest BCUT2D eigenvalue weighted by Crippen LogP contribution is 2.39. The van der Waals surface area contributed by atoms with Gasteiger partial charge < -0.3 is 4.57 Å². The van der Waals surface area contributed by atoms with Crippen LogP contribution in [0.1, 0.15) is 0 Å². The molecule has 242 valence electrons. The molecule has 3 aromatic heterocycles. The summed E-state index contributed by atoms with van der Waals surface area (Å²) in [5.41, 5.74) is 11.6. The Labute approximate surface area is 300 Å². The van der Waals surface area contributed by atoms with E-state index in [1.54, 1.807) is 0 Å². The van der Waals surface area contributed by atoms with E-state index in [0.717, 1.165) is 27.8 Å². The van der Waals surface area contributed by atoms with Crippen LogP contribution in [0.15, 0.2) is 188 Å². The Hall–Kier alpha value is -6.97. The average molecular weight is 662 g/mol. The molecule has 0 unspecified atom stereocenters. The van der Waals surface area contributed by atoms with Gasteiger partial charge >= 0.3 is 0 Å². The fourth-order valence-corrected chi connectivity index (χ4v) is 8.28. The molecule has 0 spiro atoms. The quantitative estimate of drug-likeness (QED) is 0.184. The molecule has 0 fully saturated rings. The largest absolute Gasteiger partial charge is 0.309 e. The fourth-order valence-electron chi connectivity index (χ4n) is 8.28. The summed E-state index contributed by atoms with van der Waals surface area (Å²) < 4.78 is 4.70. The summed E-state index contributed by atoms with van der Waals surface area (Å²) >= 11 is 0. The molecule has 0 saturated carbocycles. The lowest BCUT2D eigenvalue weighted by Crippen LogP contribution is -1.99. The summed E-state index contributed by atoms with van der Waals surface area (Å²) in [7, 11) is 0. The molecular formula is C49H31N3. The van der Waals surface area contributed by atoms with Gasteiger partial charge in [-0.1, -0.05) is 121 Å². The number of rotatable bonds is 4. The monoisotopic (exact) mass is 661 g/mol. The summed E-state index contributed by atoms with van der Waals surface area (Å²) in [5.74, 6) is 0.913. The van der Waals surface area contributed by atoms with Gasteiger partial charge in [0.1, 0.15) is 5.82 Å². The van der Waals surface area contributed by atoms with Gasteiger partial charge in [0.05, 0.1) is 27.6 Å². The molecule has 3 nitrogen and oxygen atoms in total. The van der Waals surface area contributed by atoms with Gasteiger partial charge in [-0.2, -0.15) is 0 Å². The van der Waals surface area contributed by atoms with Crippen molar-refractivity contribution in [1.82, 2.24) is 14.1 Å². The molecule has 0 aliphatic rings. The summed E-state index contributed by atoms with van der Waals surface area (Å²) in [6, 6.07) is 67.9. The first-order valence-electron chi connectivity index (χ1n) is 17.8. The van der Waals surface area contributed by atoms with Gasteiger partial charge in [0.25, 0.3) is 0 Å². The molecule has 3 heterocycles. The third kappa shape index (κ3) is 4.36. The van der Waals surface area contributed by atoms with E-state index < -0.39 is 0 Å². The summed E-state index contributed by atoms with van der Waals surface area (Å²) in [6.07, 6.45) is 0. The fraction of sp³-hybridized carbons (Fsp3) is 0. The number of para-hydroxylation sites is 4. The molecule has 0 saturated heterocycles. The molecule has 0 bridgehead atoms. The Balaban J connectivity index is 1.11. The maximum atomic E-state index is 5.30. The third-order valence-electron chi connectivity index (χ3n) is 10.7. The molecule has 11 rings (SSSR count). The number of pyridine rings is 1. The van der Waals surface area contributed by atoms with Crippen molar-refractivity contribution in [2.75, 3.05) is 0 Å². The molecule has 0 atom stereocenters. The predicted molar refractivity (Wildman–Crippen MR) is 219 cm³/mol. The highest BCUT2D eigenvalue weighted by molar-refractivity contribution is 6.13. The minimum absolute atomic E-state index is 0.913. The Kier molecular flexibility index (Phi) is 6.25. The molecule has 0 aliphatic heterocycles. The number of hydrogen-bond donors (Lipinski definition) is 0. The lowest BCUT2D eigenvalue weighted by Gasteiger charge is -2.13. The summed E-state index contributed by atoms with van der Waals surface area (Å²) in [4.78, 5) is 5.30. The lowest BCUT2D eigenvalue weighted by molar-refractivity contribution is 1.10. The molecule has 0 radical (unpaired) electrons. The van der Waals surface area contributed by atoms with Crippen LogP contribution in [-0.2, 0) is 0 Å². The summed E-state index contributed by atoms with van der Waals surface area (Å²) in [5, 5.41) is 8.55. The molecule has 0 aliphatic carbocycles. The van der Waals surface area contributed by atoms with Crippen molar-refractivity contribution in [2.45, 2.75) is 0 Å². The van der Waals surface area contributed by atoms with Gasteiger partial charge in [-0.05, 0) is 99.8 Å². The third-order valence-corrected chi connectivity index (χ3v) is 10.7. The van der Waals surface area contributed by atoms with Crippen molar-refractivity contribution >= 4 is 65.3 Å². The standard InChI is InChI=1S/C49H31N3/c1-2-14-37(15-3-1)51-45-20-10-7-17-39(45)42-29-34(24-26-47(42)51)35-25-27-48-43(30-35)40-18-8-11-21-46(40)52(48)49-31-41(38-16-6-9-19-44(38)50-49)36-23-22-32-12-4-5-13-33(32)28-36/h1-31H. The molecule has 11 aromatic rings. The topological polar surface area (TPSA) is 22.8 Å². The van der Waals surface area contributed by atoms with Crippen LogP contribution in [0, 0.1) is 0 Å². The van der Waals surface area contributed by atoms with Crippen molar-refractivity contribution in [3.8, 4) is 33.8 Å². The second kappa shape index (κ2) is 11.3. The highest BCUT2D eigenvalue weighted by atomic mass is 15.1. The predicted octanol–water partition coefficient (Wildman–Crippen LogP) is 12.9. The van der Waals surface area contributed by atoms with Crippen LogP contribution in [0.2, 0.25) is 0 Å². The molecule has 0 amide bonds. The second-order valence-corrected chi connectivity index (χ2v) is 13.6. The van der Waals surface area contributed by atoms with Gasteiger partial charge in [0.15, 0.2) is 0 Å². The zero-order valence-corrected chi connectivity index (χ0v) is 28.2. The minimum Gasteiger partial charge on any atom is -0.309 e. The van der Waals surface area contributed by atoms with Gasteiger partial charge in [0.2, 0.25) is 0 Å². The Bertz CT molecular complexity index is 3180. The maximum Gasteiger partial charge on any atom is 0.138 e. The molecule has 3 heteroatoms. The normalized spacial score (nSPS) is 11.8. The van der Waals surface area contributed by atoms with Crippen molar-refractivity contribution < 1.29 is 0 Å². The van der Waals surface area contributed by atoms with Crippen LogP contribution in [0.3, 0.4) is 0 Å². The lowest BCUT2D eigenvalue weighted by atomic mass is 9.98. The zero-order chi connectivity index (χ0) is 34.2. The number of aromatic nitrogens is 3. The van der Waals surface area contributed by atoms with E-state index in [9.17, 15) is 0 Å². The maximum absolute atomic E-state index is 5.30. The van der Waals surface area contributed by atoms with Crippen LogP contribution < -0.4 is 0 Å². The van der Waals surface area contributed by atoms with E-state index in [0.29, 0.717) is 0 Å². The van der Waals surface area contributed by atoms with Gasteiger partial charge in [0, 0.05) is 32.6 Å². The first kappa shape index (κ1) is 28.8. The van der Waals surface area contributed by atoms with Crippen molar-refractivity contribution in [3.63, 3.8) is 0 Å². The molecule has 8 aromatic carbocycles. The number of fused-ring (bicyclic) bond motifs is 8. The van der Waals surface area contributed by atoms with Crippen molar-refractivity contribution in [2.24, 2.45) is 0 Å². The number of nitrogens with zero attached hydrogens (tertiary/aromatic N) is 3. The van der Waals surface area contributed by atoms with E-state index in [1.165, 1.54) is 71.3 Å². The first-order valence-corrected chi connectivity index (χ1v) is 17.8. The SMILES string of the molecule is c1ccc(-n2c3ccccc3c3cc(-c4ccc5c(c4)c4ccccc4n5-c4cc(-c5ccc6ccccc6c5)c5ccccc5n4)ccc32)cc1. The Morgan fingerprint density at radius 2 is 0.865 bits per heavy atom. The van der Waals surface area contributed by atoms with Crippen molar-refractivity contribution in [3.05, 3.63) is 188 Å². The Morgan fingerprint density at radius 3 is 1.60 bits per heavy atom. The minimum atomic E-state index is 0.913. The van der Waals surface area contributed by atoms with Crippen LogP contribution in [-0.4, -0.2) is 14.1 Å². The smallest absolute Gasteiger partial charge is 0.138 e. The van der Waals surface area contributed by atoms with Crippen LogP contribution >= 0.6 is 0 Å². The first-order chi connectivity index (χ1) is 25.8. The van der Waals surface area contributed by atoms with Crippen LogP contribution in [0.5, 0.6) is 0 Å². The molecular weight excluding hydrogens is 631 g/mol. The van der Waals surface area contributed by atoms with E-state index in [2.05, 4.69) is 197 Å². The van der Waals surface area contributed by atoms with Gasteiger partial charge in [-0.25, -0.2) is 4.98 Å². The van der Waals surface area contributed by atoms with Crippen LogP contribution in [0.4, 0.5) is 0 Å². The number of hydrogen-bond acceptors (Lipinski definition) is 1. The van der Waals surface area contributed by atoms with Gasteiger partial charge in [-0.3, -0.25) is 4.57 Å². The number of benzene rings is 8. The Morgan fingerprint density at radius 1 is 0.327 bits per heavy atom. The summed E-state index contributed by atoms with van der Waals surface area (Å²) in [6.45, 7) is 0. The van der Waals surface area contributed by atoms with E-state index in [-0.39, 0.29) is 0 Å². The molecule has 0 N–H and O–H groups in total. The second-order valence-electron chi connectivity index (χ2n) is 13.6. The molecule has 52 heavy (non-hydrogen) atoms.